The molecule has 0 aliphatic carbocycles. The number of fused-ring (bicyclic) bond motifs is 1. The fourth-order valence-electron chi connectivity index (χ4n) is 4.69. The van der Waals surface area contributed by atoms with Gasteiger partial charge in [0.25, 0.3) is 0 Å². The van der Waals surface area contributed by atoms with Gasteiger partial charge in [0.15, 0.2) is 18.1 Å². The molecule has 0 radical (unpaired) electrons. The van der Waals surface area contributed by atoms with E-state index >= 15 is 0 Å². The maximum Gasteiger partial charge on any atom is 0.519 e. The molecule has 34 heavy (non-hydrogen) atoms. The molecule has 1 N–H and O–H groups in total. The lowest BCUT2D eigenvalue weighted by molar-refractivity contribution is -0.000969. The summed E-state index contributed by atoms with van der Waals surface area (Å²) >= 11 is 0. The molecule has 10 nitrogen and oxygen atoms in total. The molecule has 0 amide bonds. The Morgan fingerprint density at radius 2 is 2.06 bits per heavy atom. The van der Waals surface area contributed by atoms with Gasteiger partial charge in [-0.15, -0.1) is 0 Å². The monoisotopic (exact) mass is 469 g/mol. The number of anilines is 1. The Bertz CT molecular complexity index is 1330. The normalized spacial score (nSPS) is 18.8. The third-order valence-electron chi connectivity index (χ3n) is 6.57. The van der Waals surface area contributed by atoms with E-state index in [1.807, 2.05) is 13.0 Å². The SMILES string of the molecule is Cc1oc(=O)oc1COC(=O)c1c[nH]c2nc(N3CC(CC4CCCCO4)C3)cc(C)c2c1=O. The quantitative estimate of drug-likeness (QED) is 0.542. The number of aromatic nitrogens is 2. The zero-order chi connectivity index (χ0) is 23.8. The molecule has 3 aromatic heterocycles. The Kier molecular flexibility index (Phi) is 5.99. The van der Waals surface area contributed by atoms with E-state index in [1.54, 1.807) is 0 Å². The summed E-state index contributed by atoms with van der Waals surface area (Å²) in [4.78, 5) is 46.5. The van der Waals surface area contributed by atoms with Crippen molar-refractivity contribution in [2.75, 3.05) is 24.6 Å². The number of hydrogen-bond donors (Lipinski definition) is 1. The first-order valence-electron chi connectivity index (χ1n) is 11.5. The van der Waals surface area contributed by atoms with Gasteiger partial charge < -0.3 is 28.2 Å². The smallest absolute Gasteiger partial charge is 0.454 e. The first kappa shape index (κ1) is 22.4. The minimum Gasteiger partial charge on any atom is -0.454 e. The Hall–Kier alpha value is -3.40. The van der Waals surface area contributed by atoms with Crippen LogP contribution in [0.15, 0.2) is 30.7 Å². The minimum absolute atomic E-state index is 0.0981. The van der Waals surface area contributed by atoms with Crippen molar-refractivity contribution in [1.82, 2.24) is 9.97 Å². The molecule has 0 spiro atoms. The van der Waals surface area contributed by atoms with Crippen LogP contribution < -0.4 is 16.2 Å². The van der Waals surface area contributed by atoms with Gasteiger partial charge in [-0.2, -0.15) is 0 Å². The number of hydrogen-bond acceptors (Lipinski definition) is 9. The van der Waals surface area contributed by atoms with Crippen LogP contribution in [0.5, 0.6) is 0 Å². The van der Waals surface area contributed by atoms with Crippen LogP contribution in [0.2, 0.25) is 0 Å². The molecule has 0 aromatic carbocycles. The molecule has 2 aliphatic rings. The average molecular weight is 469 g/mol. The van der Waals surface area contributed by atoms with Gasteiger partial charge in [0.2, 0.25) is 5.43 Å². The second-order valence-corrected chi connectivity index (χ2v) is 9.06. The van der Waals surface area contributed by atoms with Gasteiger partial charge in [0.1, 0.15) is 17.0 Å². The fraction of sp³-hybridized carbons (Fsp3) is 0.500. The number of pyridine rings is 2. The van der Waals surface area contributed by atoms with E-state index in [-0.39, 0.29) is 23.7 Å². The van der Waals surface area contributed by atoms with E-state index in [0.717, 1.165) is 50.3 Å². The summed E-state index contributed by atoms with van der Waals surface area (Å²) in [6.45, 7) is 5.73. The lowest BCUT2D eigenvalue weighted by atomic mass is 9.90. The molecule has 2 saturated heterocycles. The third-order valence-corrected chi connectivity index (χ3v) is 6.57. The molecular formula is C24H27N3O7. The van der Waals surface area contributed by atoms with Gasteiger partial charge in [-0.25, -0.2) is 14.6 Å². The van der Waals surface area contributed by atoms with Gasteiger partial charge in [-0.3, -0.25) is 4.79 Å². The van der Waals surface area contributed by atoms with Crippen molar-refractivity contribution in [3.63, 3.8) is 0 Å². The topological polar surface area (TPSA) is 128 Å². The van der Waals surface area contributed by atoms with Crippen LogP contribution in [0.4, 0.5) is 5.82 Å². The van der Waals surface area contributed by atoms with E-state index in [2.05, 4.69) is 14.9 Å². The second kappa shape index (κ2) is 9.09. The van der Waals surface area contributed by atoms with Crippen LogP contribution in [-0.2, 0) is 16.1 Å². The first-order valence-corrected chi connectivity index (χ1v) is 11.5. The van der Waals surface area contributed by atoms with Crippen LogP contribution in [0.25, 0.3) is 11.0 Å². The third kappa shape index (κ3) is 4.37. The Morgan fingerprint density at radius 1 is 1.24 bits per heavy atom. The highest BCUT2D eigenvalue weighted by molar-refractivity contribution is 5.94. The number of H-pyrrole nitrogens is 1. The molecule has 2 aliphatic heterocycles. The van der Waals surface area contributed by atoms with E-state index in [4.69, 9.17) is 18.3 Å². The summed E-state index contributed by atoms with van der Waals surface area (Å²) < 4.78 is 20.6. The zero-order valence-electron chi connectivity index (χ0n) is 19.2. The molecule has 0 bridgehead atoms. The van der Waals surface area contributed by atoms with E-state index in [9.17, 15) is 14.4 Å². The van der Waals surface area contributed by atoms with Gasteiger partial charge in [0.05, 0.1) is 11.5 Å². The Labute approximate surface area is 194 Å². The molecule has 0 saturated carbocycles. The van der Waals surface area contributed by atoms with Crippen LogP contribution in [-0.4, -0.2) is 41.7 Å². The van der Waals surface area contributed by atoms with Crippen molar-refractivity contribution in [2.45, 2.75) is 52.2 Å². The number of carbonyl (C=O) groups is 1. The van der Waals surface area contributed by atoms with Crippen molar-refractivity contribution in [3.8, 4) is 0 Å². The van der Waals surface area contributed by atoms with Crippen LogP contribution in [0, 0.1) is 19.8 Å². The van der Waals surface area contributed by atoms with Crippen molar-refractivity contribution < 1.29 is 23.1 Å². The number of esters is 1. The highest BCUT2D eigenvalue weighted by Crippen LogP contribution is 2.30. The number of aromatic amines is 1. The average Bonchev–Trinajstić information content (AvgIpc) is 3.11. The summed E-state index contributed by atoms with van der Waals surface area (Å²) in [5.41, 5.74) is 0.542. The maximum absolute atomic E-state index is 13.0. The van der Waals surface area contributed by atoms with Crippen molar-refractivity contribution in [3.05, 3.63) is 55.8 Å². The van der Waals surface area contributed by atoms with E-state index in [0.29, 0.717) is 23.1 Å². The van der Waals surface area contributed by atoms with Gasteiger partial charge in [-0.05, 0) is 57.1 Å². The van der Waals surface area contributed by atoms with Crippen molar-refractivity contribution in [1.29, 1.82) is 0 Å². The largest absolute Gasteiger partial charge is 0.519 e. The van der Waals surface area contributed by atoms with Crippen molar-refractivity contribution >= 4 is 22.8 Å². The van der Waals surface area contributed by atoms with E-state index in [1.165, 1.54) is 19.5 Å². The fourth-order valence-corrected chi connectivity index (χ4v) is 4.69. The summed E-state index contributed by atoms with van der Waals surface area (Å²) in [7, 11) is 0. The summed E-state index contributed by atoms with van der Waals surface area (Å²) in [5, 5.41) is 0.344. The standard InChI is InChI=1S/C24H27N3O7/c1-13-7-19(27-10-15(11-27)8-16-5-3-4-6-31-16)26-22-20(13)21(28)17(9-25-22)23(29)32-12-18-14(2)33-24(30)34-18/h7,9,15-16H,3-6,8,10-12H2,1-2H3,(H,25,26,28). The lowest BCUT2D eigenvalue weighted by Crippen LogP contribution is -2.48. The molecule has 10 heteroatoms. The Morgan fingerprint density at radius 3 is 2.76 bits per heavy atom. The Balaban J connectivity index is 1.28. The summed E-state index contributed by atoms with van der Waals surface area (Å²) in [5.74, 6) is 0.00624. The predicted octanol–water partition coefficient (Wildman–Crippen LogP) is 2.84. The molecule has 5 heterocycles. The molecular weight excluding hydrogens is 442 g/mol. The number of carbonyl (C=O) groups excluding carboxylic acids is 1. The van der Waals surface area contributed by atoms with E-state index < -0.39 is 17.2 Å². The number of aryl methyl sites for hydroxylation is 2. The molecule has 180 valence electrons. The summed E-state index contributed by atoms with van der Waals surface area (Å²) in [6.07, 6.45) is 6.30. The molecule has 2 fully saturated rings. The van der Waals surface area contributed by atoms with Gasteiger partial charge >= 0.3 is 11.8 Å². The maximum atomic E-state index is 13.0. The minimum atomic E-state index is -0.875. The number of rotatable bonds is 6. The number of nitrogens with zero attached hydrogens (tertiary/aromatic N) is 2. The van der Waals surface area contributed by atoms with Gasteiger partial charge in [0, 0.05) is 25.9 Å². The molecule has 1 unspecified atom stereocenters. The van der Waals surface area contributed by atoms with Crippen molar-refractivity contribution in [2.24, 2.45) is 5.92 Å². The predicted molar refractivity (Wildman–Crippen MR) is 122 cm³/mol. The lowest BCUT2D eigenvalue weighted by Gasteiger charge is -2.42. The second-order valence-electron chi connectivity index (χ2n) is 9.06. The molecule has 3 aromatic rings. The van der Waals surface area contributed by atoms with Gasteiger partial charge in [-0.1, -0.05) is 0 Å². The first-order chi connectivity index (χ1) is 16.4. The van der Waals surface area contributed by atoms with Crippen LogP contribution in [0.1, 0.15) is 53.1 Å². The molecule has 1 atom stereocenters. The zero-order valence-corrected chi connectivity index (χ0v) is 19.2. The highest BCUT2D eigenvalue weighted by Gasteiger charge is 2.31. The van der Waals surface area contributed by atoms with Crippen LogP contribution >= 0.6 is 0 Å². The van der Waals surface area contributed by atoms with Crippen LogP contribution in [0.3, 0.4) is 0 Å². The molecule has 5 rings (SSSR count). The highest BCUT2D eigenvalue weighted by atomic mass is 16.6. The number of nitrogens with one attached hydrogen (secondary N) is 1. The summed E-state index contributed by atoms with van der Waals surface area (Å²) in [6, 6.07) is 1.88. The number of ether oxygens (including phenoxy) is 2.